The Morgan fingerprint density at radius 1 is 1.13 bits per heavy atom. The average Bonchev–Trinajstić information content (AvgIpc) is 2.64. The van der Waals surface area contributed by atoms with Crippen LogP contribution < -0.4 is 0 Å². The number of hydrogen-bond acceptors (Lipinski definition) is 3. The van der Waals surface area contributed by atoms with Crippen LogP contribution in [0.2, 0.25) is 18.1 Å². The van der Waals surface area contributed by atoms with Gasteiger partial charge in [-0.3, -0.25) is 4.79 Å². The van der Waals surface area contributed by atoms with E-state index >= 15 is 0 Å². The monoisotopic (exact) mass is 432 g/mol. The van der Waals surface area contributed by atoms with Crippen LogP contribution in [0.4, 0.5) is 0 Å². The molecule has 0 spiro atoms. The molecule has 1 aliphatic rings. The zero-order valence-corrected chi connectivity index (χ0v) is 22.2. The molecule has 0 fully saturated rings. The van der Waals surface area contributed by atoms with Crippen molar-refractivity contribution in [1.29, 1.82) is 0 Å². The summed E-state index contributed by atoms with van der Waals surface area (Å²) in [6.07, 6.45) is 5.42. The van der Waals surface area contributed by atoms with Crippen LogP contribution in [0, 0.1) is 17.8 Å². The zero-order valence-electron chi connectivity index (χ0n) is 21.2. The molecule has 0 aliphatic carbocycles. The van der Waals surface area contributed by atoms with Crippen LogP contribution in [-0.2, 0) is 14.0 Å². The first-order valence-electron chi connectivity index (χ1n) is 11.4. The second-order valence-corrected chi connectivity index (χ2v) is 15.3. The number of esters is 1. The highest BCUT2D eigenvalue weighted by Crippen LogP contribution is 2.38. The van der Waals surface area contributed by atoms with Crippen molar-refractivity contribution in [3.63, 3.8) is 0 Å². The van der Waals surface area contributed by atoms with Gasteiger partial charge in [-0.05, 0) is 74.4 Å². The summed E-state index contributed by atoms with van der Waals surface area (Å²) in [5.74, 6) is 0.0118. The molecule has 0 radical (unpaired) electrons. The number of rotatable bonds is 3. The Kier molecular flexibility index (Phi) is 9.64. The van der Waals surface area contributed by atoms with Gasteiger partial charge < -0.3 is 9.16 Å². The third-order valence-electron chi connectivity index (χ3n) is 6.77. The van der Waals surface area contributed by atoms with Gasteiger partial charge in [0.05, 0.1) is 12.0 Å². The molecule has 1 heterocycles. The molecule has 0 aromatic carbocycles. The van der Waals surface area contributed by atoms with E-state index in [0.29, 0.717) is 5.92 Å². The number of carbonyl (C=O) groups is 1. The minimum atomic E-state index is -1.95. The van der Waals surface area contributed by atoms with Crippen LogP contribution in [0.3, 0.4) is 0 Å². The van der Waals surface area contributed by atoms with Crippen molar-refractivity contribution in [3.8, 4) is 0 Å². The van der Waals surface area contributed by atoms with E-state index in [1.54, 1.807) is 0 Å². The third kappa shape index (κ3) is 7.43. The summed E-state index contributed by atoms with van der Waals surface area (Å²) in [6, 6.07) is 0. The largest absolute Gasteiger partial charge is 0.457 e. The van der Waals surface area contributed by atoms with Crippen molar-refractivity contribution >= 4 is 14.3 Å². The summed E-state index contributed by atoms with van der Waals surface area (Å²) in [6.45, 7) is 23.7. The molecule has 5 atom stereocenters. The number of hydrogen-bond donors (Lipinski definition) is 0. The lowest BCUT2D eigenvalue weighted by atomic mass is 9.93. The second-order valence-electron chi connectivity index (χ2n) is 10.6. The second kappa shape index (κ2) is 10.8. The lowest BCUT2D eigenvalue weighted by Gasteiger charge is -2.40. The van der Waals surface area contributed by atoms with E-state index in [-0.39, 0.29) is 35.1 Å². The van der Waals surface area contributed by atoms with Crippen molar-refractivity contribution < 1.29 is 14.0 Å². The van der Waals surface area contributed by atoms with Crippen LogP contribution in [0.25, 0.3) is 0 Å². The highest BCUT2D eigenvalue weighted by molar-refractivity contribution is 6.74. The van der Waals surface area contributed by atoms with Gasteiger partial charge >= 0.3 is 5.97 Å². The quantitative estimate of drug-likeness (QED) is 0.268. The predicted molar refractivity (Wildman–Crippen MR) is 129 cm³/mol. The van der Waals surface area contributed by atoms with E-state index in [4.69, 9.17) is 9.16 Å². The molecule has 0 aromatic rings. The lowest BCUT2D eigenvalue weighted by Crippen LogP contribution is -2.45. The maximum Gasteiger partial charge on any atom is 0.309 e. The van der Waals surface area contributed by atoms with Crippen molar-refractivity contribution in [1.82, 2.24) is 0 Å². The van der Waals surface area contributed by atoms with Gasteiger partial charge in [0.15, 0.2) is 8.32 Å². The fourth-order valence-corrected chi connectivity index (χ4v) is 4.49. The SMILES string of the molecule is CCC1OC(=O)C(C)C(C)C=C=C(C)CC(C)C(O[Si](C)(C)C(C)(C)C)C=C=C1C. The van der Waals surface area contributed by atoms with Gasteiger partial charge in [0, 0.05) is 5.57 Å². The predicted octanol–water partition coefficient (Wildman–Crippen LogP) is 7.21. The molecular weight excluding hydrogens is 388 g/mol. The van der Waals surface area contributed by atoms with Gasteiger partial charge in [0.2, 0.25) is 0 Å². The summed E-state index contributed by atoms with van der Waals surface area (Å²) >= 11 is 0. The van der Waals surface area contributed by atoms with Crippen LogP contribution >= 0.6 is 0 Å². The van der Waals surface area contributed by atoms with E-state index in [1.165, 1.54) is 5.57 Å². The van der Waals surface area contributed by atoms with Crippen LogP contribution in [0.1, 0.15) is 75.2 Å². The Balaban J connectivity index is 3.44. The first-order valence-corrected chi connectivity index (χ1v) is 14.3. The Bertz CT molecular complexity index is 728. The fourth-order valence-electron chi connectivity index (χ4n) is 3.15. The maximum atomic E-state index is 12.7. The molecule has 0 N–H and O–H groups in total. The highest BCUT2D eigenvalue weighted by atomic mass is 28.4. The van der Waals surface area contributed by atoms with E-state index in [1.807, 2.05) is 26.8 Å². The Morgan fingerprint density at radius 3 is 2.27 bits per heavy atom. The summed E-state index contributed by atoms with van der Waals surface area (Å²) in [5.41, 5.74) is 8.97. The summed E-state index contributed by atoms with van der Waals surface area (Å²) in [7, 11) is -1.95. The van der Waals surface area contributed by atoms with E-state index < -0.39 is 8.32 Å². The van der Waals surface area contributed by atoms with Crippen molar-refractivity contribution in [3.05, 3.63) is 34.8 Å². The van der Waals surface area contributed by atoms with Crippen LogP contribution in [0.5, 0.6) is 0 Å². The molecule has 4 heteroatoms. The molecule has 3 nitrogen and oxygen atoms in total. The van der Waals surface area contributed by atoms with Gasteiger partial charge in [-0.2, -0.15) is 0 Å². The molecule has 0 aromatic heterocycles. The summed E-state index contributed by atoms with van der Waals surface area (Å²) in [4.78, 5) is 12.7. The summed E-state index contributed by atoms with van der Waals surface area (Å²) < 4.78 is 12.6. The van der Waals surface area contributed by atoms with Crippen molar-refractivity contribution in [2.45, 2.75) is 105 Å². The molecule has 0 saturated heterocycles. The smallest absolute Gasteiger partial charge is 0.309 e. The topological polar surface area (TPSA) is 35.5 Å². The summed E-state index contributed by atoms with van der Waals surface area (Å²) in [5, 5.41) is 0.135. The molecule has 30 heavy (non-hydrogen) atoms. The standard InChI is InChI=1S/C26H44O3Si/c1-12-23-20(4)15-16-24(29-30(10,11)26(7,8)9)21(5)17-18(2)13-14-19(3)22(6)25(27)28-23/h14,16,19,21-24H,12,17H2,1-11H3. The number of cyclic esters (lactones) is 1. The van der Waals surface area contributed by atoms with Crippen LogP contribution in [-0.4, -0.2) is 26.5 Å². The Morgan fingerprint density at radius 2 is 1.73 bits per heavy atom. The molecule has 1 rings (SSSR count). The van der Waals surface area contributed by atoms with Gasteiger partial charge in [-0.15, -0.1) is 11.5 Å². The normalized spacial score (nSPS) is 29.7. The van der Waals surface area contributed by atoms with E-state index in [0.717, 1.165) is 18.4 Å². The first-order chi connectivity index (χ1) is 13.7. The highest BCUT2D eigenvalue weighted by Gasteiger charge is 2.39. The lowest BCUT2D eigenvalue weighted by molar-refractivity contribution is -0.153. The third-order valence-corrected chi connectivity index (χ3v) is 11.2. The Labute approximate surface area is 186 Å². The van der Waals surface area contributed by atoms with Gasteiger partial charge in [0.1, 0.15) is 6.10 Å². The van der Waals surface area contributed by atoms with E-state index in [9.17, 15) is 4.79 Å². The van der Waals surface area contributed by atoms with Gasteiger partial charge in [-0.25, -0.2) is 0 Å². The Hall–Kier alpha value is -1.31. The number of carbonyl (C=O) groups excluding carboxylic acids is 1. The molecule has 0 bridgehead atoms. The van der Waals surface area contributed by atoms with Crippen LogP contribution in [0.15, 0.2) is 34.8 Å². The van der Waals surface area contributed by atoms with Crippen molar-refractivity contribution in [2.24, 2.45) is 17.8 Å². The average molecular weight is 433 g/mol. The number of allylic oxidation sites excluding steroid dienone is 1. The zero-order chi connectivity index (χ0) is 23.3. The maximum absolute atomic E-state index is 12.7. The first kappa shape index (κ1) is 26.7. The minimum absolute atomic E-state index is 0.0370. The molecule has 5 unspecified atom stereocenters. The van der Waals surface area contributed by atoms with E-state index in [2.05, 4.69) is 72.2 Å². The number of ether oxygens (including phenoxy) is 1. The molecule has 0 saturated carbocycles. The van der Waals surface area contributed by atoms with Gasteiger partial charge in [-0.1, -0.05) is 48.5 Å². The molecule has 1 aliphatic heterocycles. The minimum Gasteiger partial charge on any atom is -0.457 e. The molecule has 0 amide bonds. The molecule has 170 valence electrons. The molecular formula is C26H44O3Si. The van der Waals surface area contributed by atoms with Crippen molar-refractivity contribution in [2.75, 3.05) is 0 Å². The van der Waals surface area contributed by atoms with Gasteiger partial charge in [0.25, 0.3) is 0 Å². The fraction of sp³-hybridized carbons (Fsp3) is 0.731.